The molecule has 25 heavy (non-hydrogen) atoms. The van der Waals surface area contributed by atoms with Gasteiger partial charge in [0.25, 0.3) is 0 Å². The largest absolute Gasteiger partial charge is 0.478 e. The molecular formula is C20H11Br3O2. The van der Waals surface area contributed by atoms with Gasteiger partial charge in [0.15, 0.2) is 0 Å². The predicted molar refractivity (Wildman–Crippen MR) is 110 cm³/mol. The lowest BCUT2D eigenvalue weighted by Gasteiger charge is -2.17. The van der Waals surface area contributed by atoms with Gasteiger partial charge >= 0.3 is 5.97 Å². The van der Waals surface area contributed by atoms with Crippen LogP contribution in [0.25, 0.3) is 22.3 Å². The van der Waals surface area contributed by atoms with E-state index in [1.807, 2.05) is 24.3 Å². The quantitative estimate of drug-likeness (QED) is 0.290. The van der Waals surface area contributed by atoms with Gasteiger partial charge in [-0.3, -0.25) is 0 Å². The molecule has 0 radical (unpaired) electrons. The van der Waals surface area contributed by atoms with E-state index in [4.69, 9.17) is 0 Å². The highest BCUT2D eigenvalue weighted by molar-refractivity contribution is 9.14. The monoisotopic (exact) mass is 520 g/mol. The first-order valence-corrected chi connectivity index (χ1v) is 9.99. The summed E-state index contributed by atoms with van der Waals surface area (Å²) < 4.78 is 2.73. The average molecular weight is 523 g/mol. The van der Waals surface area contributed by atoms with Crippen LogP contribution in [-0.4, -0.2) is 11.1 Å². The minimum atomic E-state index is -0.925. The molecule has 0 spiro atoms. The first-order chi connectivity index (χ1) is 12.0. The summed E-state index contributed by atoms with van der Waals surface area (Å²) in [6.07, 6.45) is 0.777. The lowest BCUT2D eigenvalue weighted by molar-refractivity contribution is 0.0697. The Hall–Kier alpha value is -1.43. The van der Waals surface area contributed by atoms with Gasteiger partial charge in [0, 0.05) is 24.5 Å². The van der Waals surface area contributed by atoms with Gasteiger partial charge in [-0.05, 0) is 82.5 Å². The van der Waals surface area contributed by atoms with Crippen LogP contribution in [0, 0.1) is 0 Å². The Balaban J connectivity index is 2.11. The Labute approximate surface area is 170 Å². The molecule has 3 aromatic carbocycles. The van der Waals surface area contributed by atoms with Crippen molar-refractivity contribution in [1.29, 1.82) is 0 Å². The summed E-state index contributed by atoms with van der Waals surface area (Å²) in [5.41, 5.74) is 6.65. The van der Waals surface area contributed by atoms with E-state index in [-0.39, 0.29) is 0 Å². The number of rotatable bonds is 2. The smallest absolute Gasteiger partial charge is 0.336 e. The Morgan fingerprint density at radius 1 is 0.800 bits per heavy atom. The number of halogens is 3. The molecule has 2 nitrogen and oxygen atoms in total. The van der Waals surface area contributed by atoms with Gasteiger partial charge in [0.1, 0.15) is 0 Å². The first kappa shape index (κ1) is 17.0. The van der Waals surface area contributed by atoms with E-state index in [9.17, 15) is 9.90 Å². The second-order valence-corrected chi connectivity index (χ2v) is 8.23. The standard InChI is InChI=1S/C20H11Br3O2/c21-17-15-11-6-2-1-5-10(11)9-14(15)16(18(22)19(17)23)12-7-3-4-8-13(12)20(24)25/h1-8H,9H2,(H,24,25). The summed E-state index contributed by atoms with van der Waals surface area (Å²) in [4.78, 5) is 11.7. The van der Waals surface area contributed by atoms with Crippen molar-refractivity contribution in [2.24, 2.45) is 0 Å². The third-order valence-corrected chi connectivity index (χ3v) is 7.95. The van der Waals surface area contributed by atoms with E-state index in [1.54, 1.807) is 12.1 Å². The molecule has 0 saturated carbocycles. The van der Waals surface area contributed by atoms with Gasteiger partial charge < -0.3 is 5.11 Å². The van der Waals surface area contributed by atoms with Gasteiger partial charge in [0.2, 0.25) is 0 Å². The van der Waals surface area contributed by atoms with Crippen molar-refractivity contribution in [3.8, 4) is 22.3 Å². The number of hydrogen-bond acceptors (Lipinski definition) is 1. The number of benzene rings is 3. The summed E-state index contributed by atoms with van der Waals surface area (Å²) in [7, 11) is 0. The van der Waals surface area contributed by atoms with Crippen LogP contribution in [-0.2, 0) is 6.42 Å². The minimum Gasteiger partial charge on any atom is -0.478 e. The van der Waals surface area contributed by atoms with E-state index in [1.165, 1.54) is 11.1 Å². The Bertz CT molecular complexity index is 1040. The molecule has 0 unspecified atom stereocenters. The number of carboxylic acids is 1. The number of carboxylic acid groups (broad SMARTS) is 1. The van der Waals surface area contributed by atoms with Crippen LogP contribution in [0.4, 0.5) is 0 Å². The Morgan fingerprint density at radius 3 is 2.04 bits per heavy atom. The van der Waals surface area contributed by atoms with Crippen molar-refractivity contribution in [1.82, 2.24) is 0 Å². The molecule has 3 aromatic rings. The predicted octanol–water partition coefficient (Wildman–Crippen LogP) is 6.91. The fourth-order valence-electron chi connectivity index (χ4n) is 3.44. The van der Waals surface area contributed by atoms with Crippen LogP contribution in [0.15, 0.2) is 61.9 Å². The van der Waals surface area contributed by atoms with E-state index in [0.29, 0.717) is 5.56 Å². The topological polar surface area (TPSA) is 37.3 Å². The van der Waals surface area contributed by atoms with Crippen molar-refractivity contribution >= 4 is 53.8 Å². The Kier molecular flexibility index (Phi) is 4.34. The summed E-state index contributed by atoms with van der Waals surface area (Å²) in [6, 6.07) is 15.4. The Morgan fingerprint density at radius 2 is 1.36 bits per heavy atom. The lowest BCUT2D eigenvalue weighted by atomic mass is 9.92. The molecule has 4 rings (SSSR count). The molecule has 0 heterocycles. The second kappa shape index (κ2) is 6.38. The summed E-state index contributed by atoms with van der Waals surface area (Å²) in [6.45, 7) is 0. The molecule has 0 aromatic heterocycles. The average Bonchev–Trinajstić information content (AvgIpc) is 2.99. The molecule has 0 amide bonds. The second-order valence-electron chi connectivity index (χ2n) is 5.86. The van der Waals surface area contributed by atoms with Crippen molar-refractivity contribution in [2.75, 3.05) is 0 Å². The normalized spacial score (nSPS) is 12.0. The van der Waals surface area contributed by atoms with Gasteiger partial charge in [-0.1, -0.05) is 42.5 Å². The fourth-order valence-corrected chi connectivity index (χ4v) is 5.41. The molecule has 0 bridgehead atoms. The zero-order valence-electron chi connectivity index (χ0n) is 12.8. The van der Waals surface area contributed by atoms with E-state index < -0.39 is 5.97 Å². The highest BCUT2D eigenvalue weighted by Crippen LogP contribution is 2.52. The molecule has 5 heteroatoms. The summed E-state index contributed by atoms with van der Waals surface area (Å²) >= 11 is 11.0. The number of hydrogen-bond donors (Lipinski definition) is 1. The van der Waals surface area contributed by atoms with Gasteiger partial charge in [0.05, 0.1) is 5.56 Å². The van der Waals surface area contributed by atoms with Crippen LogP contribution < -0.4 is 0 Å². The highest BCUT2D eigenvalue weighted by Gasteiger charge is 2.29. The summed E-state index contributed by atoms with van der Waals surface area (Å²) in [5, 5.41) is 9.63. The first-order valence-electron chi connectivity index (χ1n) is 7.61. The van der Waals surface area contributed by atoms with E-state index in [2.05, 4.69) is 59.9 Å². The maximum atomic E-state index is 11.7. The van der Waals surface area contributed by atoms with Crippen LogP contribution in [0.2, 0.25) is 0 Å². The zero-order chi connectivity index (χ0) is 17.7. The maximum absolute atomic E-state index is 11.7. The van der Waals surface area contributed by atoms with Crippen molar-refractivity contribution in [2.45, 2.75) is 6.42 Å². The van der Waals surface area contributed by atoms with E-state index in [0.717, 1.165) is 42.1 Å². The molecule has 1 aliphatic rings. The molecule has 124 valence electrons. The molecular weight excluding hydrogens is 512 g/mol. The molecule has 0 atom stereocenters. The van der Waals surface area contributed by atoms with Crippen LogP contribution in [0.5, 0.6) is 0 Å². The van der Waals surface area contributed by atoms with Crippen molar-refractivity contribution in [3.05, 3.63) is 78.6 Å². The van der Waals surface area contributed by atoms with Gasteiger partial charge in [-0.2, -0.15) is 0 Å². The van der Waals surface area contributed by atoms with Gasteiger partial charge in [-0.25, -0.2) is 4.79 Å². The van der Waals surface area contributed by atoms with Crippen molar-refractivity contribution < 1.29 is 9.90 Å². The third kappa shape index (κ3) is 2.60. The zero-order valence-corrected chi connectivity index (χ0v) is 17.6. The highest BCUT2D eigenvalue weighted by atomic mass is 79.9. The number of fused-ring (bicyclic) bond motifs is 3. The fraction of sp³-hybridized carbons (Fsp3) is 0.0500. The molecule has 1 N–H and O–H groups in total. The lowest BCUT2D eigenvalue weighted by Crippen LogP contribution is -2.02. The van der Waals surface area contributed by atoms with E-state index >= 15 is 0 Å². The molecule has 0 fully saturated rings. The van der Waals surface area contributed by atoms with Crippen LogP contribution >= 0.6 is 47.8 Å². The number of aromatic carboxylic acids is 1. The maximum Gasteiger partial charge on any atom is 0.336 e. The minimum absolute atomic E-state index is 0.301. The third-order valence-electron chi connectivity index (χ3n) is 4.51. The number of carbonyl (C=O) groups is 1. The SMILES string of the molecule is O=C(O)c1ccccc1-c1c(Br)c(Br)c(Br)c2c1Cc1ccccc1-2. The molecule has 0 saturated heterocycles. The van der Waals surface area contributed by atoms with Crippen molar-refractivity contribution in [3.63, 3.8) is 0 Å². The van der Waals surface area contributed by atoms with Crippen LogP contribution in [0.1, 0.15) is 21.5 Å². The van der Waals surface area contributed by atoms with Crippen LogP contribution in [0.3, 0.4) is 0 Å². The molecule has 1 aliphatic carbocycles. The summed E-state index contributed by atoms with van der Waals surface area (Å²) in [5.74, 6) is -0.925. The van der Waals surface area contributed by atoms with Gasteiger partial charge in [-0.15, -0.1) is 0 Å². The molecule has 0 aliphatic heterocycles.